The highest BCUT2D eigenvalue weighted by Gasteiger charge is 2.28. The highest BCUT2D eigenvalue weighted by molar-refractivity contribution is 7.98. The number of amides is 1. The third-order valence-electron chi connectivity index (χ3n) is 4.61. The summed E-state index contributed by atoms with van der Waals surface area (Å²) >= 11 is 1.87. The van der Waals surface area contributed by atoms with Crippen LogP contribution in [0, 0.1) is 0 Å². The quantitative estimate of drug-likeness (QED) is 0.771. The summed E-state index contributed by atoms with van der Waals surface area (Å²) in [5.74, 6) is 1.27. The van der Waals surface area contributed by atoms with Crippen LogP contribution in [-0.2, 0) is 4.79 Å². The normalized spacial score (nSPS) is 18.2. The highest BCUT2D eigenvalue weighted by atomic mass is 32.2. The molecule has 1 atom stereocenters. The number of nitrogens with one attached hydrogen (secondary N) is 1. The van der Waals surface area contributed by atoms with E-state index in [-0.39, 0.29) is 11.9 Å². The number of benzene rings is 1. The van der Waals surface area contributed by atoms with Crippen molar-refractivity contribution < 1.29 is 4.79 Å². The first-order chi connectivity index (χ1) is 12.3. The lowest BCUT2D eigenvalue weighted by Gasteiger charge is -2.34. The summed E-state index contributed by atoms with van der Waals surface area (Å²) in [6, 6.07) is 9.72. The number of hydrogen-bond acceptors (Lipinski definition) is 4. The van der Waals surface area contributed by atoms with E-state index in [0.29, 0.717) is 0 Å². The molecule has 134 valence electrons. The second-order valence-corrected chi connectivity index (χ2v) is 7.37. The minimum Gasteiger partial charge on any atom is -0.325 e. The van der Waals surface area contributed by atoms with Gasteiger partial charge in [0.1, 0.15) is 0 Å². The molecule has 1 aromatic carbocycles. The van der Waals surface area contributed by atoms with Crippen molar-refractivity contribution in [3.63, 3.8) is 0 Å². The zero-order chi connectivity index (χ0) is 17.5. The Labute approximate surface area is 153 Å². The van der Waals surface area contributed by atoms with Crippen LogP contribution in [0.3, 0.4) is 0 Å². The molecule has 5 nitrogen and oxygen atoms in total. The number of carbonyl (C=O) groups excluding carboxylic acids is 1. The van der Waals surface area contributed by atoms with Crippen molar-refractivity contribution in [2.75, 3.05) is 30.4 Å². The lowest BCUT2D eigenvalue weighted by atomic mass is 10.0. The van der Waals surface area contributed by atoms with Crippen LogP contribution in [0.4, 0.5) is 5.69 Å². The first-order valence-corrected chi connectivity index (χ1v) is 10.3. The van der Waals surface area contributed by atoms with Gasteiger partial charge < -0.3 is 5.32 Å². The smallest absolute Gasteiger partial charge is 0.241 e. The van der Waals surface area contributed by atoms with Crippen LogP contribution in [-0.4, -0.2) is 51.7 Å². The van der Waals surface area contributed by atoms with E-state index in [9.17, 15) is 4.79 Å². The Hall–Kier alpha value is -1.79. The lowest BCUT2D eigenvalue weighted by Crippen LogP contribution is -2.47. The Morgan fingerprint density at radius 2 is 2.16 bits per heavy atom. The van der Waals surface area contributed by atoms with Gasteiger partial charge in [0, 0.05) is 18.1 Å². The van der Waals surface area contributed by atoms with Gasteiger partial charge in [-0.3, -0.25) is 9.69 Å². The van der Waals surface area contributed by atoms with Gasteiger partial charge in [0.2, 0.25) is 5.91 Å². The van der Waals surface area contributed by atoms with Crippen LogP contribution >= 0.6 is 11.8 Å². The van der Waals surface area contributed by atoms with Crippen molar-refractivity contribution in [2.24, 2.45) is 0 Å². The van der Waals surface area contributed by atoms with Gasteiger partial charge in [-0.2, -0.15) is 16.9 Å². The zero-order valence-corrected chi connectivity index (χ0v) is 15.5. The van der Waals surface area contributed by atoms with Crippen LogP contribution in [0.25, 0.3) is 5.69 Å². The summed E-state index contributed by atoms with van der Waals surface area (Å²) in [5.41, 5.74) is 1.83. The number of piperidine rings is 1. The number of anilines is 1. The molecule has 25 heavy (non-hydrogen) atoms. The van der Waals surface area contributed by atoms with E-state index in [1.54, 1.807) is 10.9 Å². The maximum Gasteiger partial charge on any atom is 0.241 e. The molecule has 2 heterocycles. The van der Waals surface area contributed by atoms with Crippen molar-refractivity contribution in [1.29, 1.82) is 0 Å². The second kappa shape index (κ2) is 9.06. The summed E-state index contributed by atoms with van der Waals surface area (Å²) in [4.78, 5) is 15.1. The number of carbonyl (C=O) groups is 1. The average molecular weight is 359 g/mol. The molecule has 6 heteroatoms. The van der Waals surface area contributed by atoms with E-state index in [0.717, 1.165) is 49.5 Å². The number of hydrogen-bond donors (Lipinski definition) is 1. The van der Waals surface area contributed by atoms with Crippen molar-refractivity contribution in [1.82, 2.24) is 14.7 Å². The van der Waals surface area contributed by atoms with Crippen LogP contribution < -0.4 is 5.32 Å². The number of nitrogens with zero attached hydrogens (tertiary/aromatic N) is 3. The SMILES string of the molecule is CSCCCN1CCCCC1C(=O)Nc1ccc(-n2cccn2)cc1. The van der Waals surface area contributed by atoms with Crippen molar-refractivity contribution in [2.45, 2.75) is 31.7 Å². The van der Waals surface area contributed by atoms with Gasteiger partial charge >= 0.3 is 0 Å². The van der Waals surface area contributed by atoms with Gasteiger partial charge in [0.15, 0.2) is 0 Å². The molecule has 2 aromatic rings. The van der Waals surface area contributed by atoms with Gasteiger partial charge in [-0.05, 0) is 74.7 Å². The number of likely N-dealkylation sites (tertiary alicyclic amines) is 1. The Bertz CT molecular complexity index is 657. The summed E-state index contributed by atoms with van der Waals surface area (Å²) in [6.07, 6.45) is 10.2. The molecular formula is C19H26N4OS. The molecule has 1 saturated heterocycles. The van der Waals surface area contributed by atoms with Crippen LogP contribution in [0.2, 0.25) is 0 Å². The Morgan fingerprint density at radius 1 is 1.32 bits per heavy atom. The summed E-state index contributed by atoms with van der Waals surface area (Å²) in [7, 11) is 0. The van der Waals surface area contributed by atoms with Gasteiger partial charge in [0.05, 0.1) is 11.7 Å². The molecule has 0 aliphatic carbocycles. The first-order valence-electron chi connectivity index (χ1n) is 8.92. The molecule has 1 unspecified atom stereocenters. The highest BCUT2D eigenvalue weighted by Crippen LogP contribution is 2.20. The minimum absolute atomic E-state index is 0.00129. The molecule has 0 bridgehead atoms. The molecule has 1 aromatic heterocycles. The molecular weight excluding hydrogens is 332 g/mol. The Balaban J connectivity index is 1.60. The summed E-state index contributed by atoms with van der Waals surface area (Å²) in [5, 5.41) is 7.31. The third-order valence-corrected chi connectivity index (χ3v) is 5.31. The Kier molecular flexibility index (Phi) is 6.53. The van der Waals surface area contributed by atoms with Gasteiger partial charge in [-0.15, -0.1) is 0 Å². The van der Waals surface area contributed by atoms with Crippen LogP contribution in [0.15, 0.2) is 42.7 Å². The van der Waals surface area contributed by atoms with E-state index < -0.39 is 0 Å². The fraction of sp³-hybridized carbons (Fsp3) is 0.474. The van der Waals surface area contributed by atoms with Crippen molar-refractivity contribution in [3.05, 3.63) is 42.7 Å². The number of thioether (sulfide) groups is 1. The van der Waals surface area contributed by atoms with E-state index in [4.69, 9.17) is 0 Å². The topological polar surface area (TPSA) is 50.2 Å². The van der Waals surface area contributed by atoms with E-state index in [1.807, 2.05) is 48.3 Å². The fourth-order valence-corrected chi connectivity index (χ4v) is 3.73. The average Bonchev–Trinajstić information content (AvgIpc) is 3.18. The standard InChI is InChI=1S/C19H26N4OS/c1-25-15-5-13-22-12-3-2-6-18(22)19(24)21-16-7-9-17(10-8-16)23-14-4-11-20-23/h4,7-11,14,18H,2-3,5-6,12-13,15H2,1H3,(H,21,24). The third kappa shape index (κ3) is 4.86. The van der Waals surface area contributed by atoms with Crippen LogP contribution in [0.5, 0.6) is 0 Å². The second-order valence-electron chi connectivity index (χ2n) is 6.38. The summed E-state index contributed by atoms with van der Waals surface area (Å²) in [6.45, 7) is 2.04. The minimum atomic E-state index is 0.00129. The first kappa shape index (κ1) is 18.0. The number of rotatable bonds is 7. The Morgan fingerprint density at radius 3 is 2.88 bits per heavy atom. The predicted octanol–water partition coefficient (Wildman–Crippen LogP) is 3.42. The molecule has 0 spiro atoms. The fourth-order valence-electron chi connectivity index (χ4n) is 3.31. The lowest BCUT2D eigenvalue weighted by molar-refractivity contribution is -0.122. The maximum atomic E-state index is 12.7. The van der Waals surface area contributed by atoms with E-state index in [2.05, 4.69) is 21.6 Å². The molecule has 1 fully saturated rings. The van der Waals surface area contributed by atoms with Crippen molar-refractivity contribution >= 4 is 23.4 Å². The predicted molar refractivity (Wildman–Crippen MR) is 104 cm³/mol. The molecule has 0 radical (unpaired) electrons. The monoisotopic (exact) mass is 358 g/mol. The van der Waals surface area contributed by atoms with Crippen molar-refractivity contribution in [3.8, 4) is 5.69 Å². The van der Waals surface area contributed by atoms with Crippen LogP contribution in [0.1, 0.15) is 25.7 Å². The largest absolute Gasteiger partial charge is 0.325 e. The maximum absolute atomic E-state index is 12.7. The molecule has 1 N–H and O–H groups in total. The van der Waals surface area contributed by atoms with Gasteiger partial charge in [-0.25, -0.2) is 4.68 Å². The van der Waals surface area contributed by atoms with Gasteiger partial charge in [0.25, 0.3) is 0 Å². The molecule has 1 amide bonds. The molecule has 1 aliphatic rings. The van der Waals surface area contributed by atoms with E-state index in [1.165, 1.54) is 6.42 Å². The van der Waals surface area contributed by atoms with E-state index >= 15 is 0 Å². The number of aromatic nitrogens is 2. The van der Waals surface area contributed by atoms with Gasteiger partial charge in [-0.1, -0.05) is 6.42 Å². The zero-order valence-electron chi connectivity index (χ0n) is 14.7. The molecule has 1 aliphatic heterocycles. The summed E-state index contributed by atoms with van der Waals surface area (Å²) < 4.78 is 1.81. The molecule has 3 rings (SSSR count). The molecule has 0 saturated carbocycles.